The smallest absolute Gasteiger partial charge is 0.266 e. The van der Waals surface area contributed by atoms with Crippen molar-refractivity contribution >= 4 is 28.8 Å². The lowest BCUT2D eigenvalue weighted by Crippen LogP contribution is -2.10. The van der Waals surface area contributed by atoms with Gasteiger partial charge in [0.05, 0.1) is 0 Å². The molecule has 0 aliphatic heterocycles. The fourth-order valence-corrected chi connectivity index (χ4v) is 2.15. The van der Waals surface area contributed by atoms with Crippen LogP contribution in [0.4, 0.5) is 8.78 Å². The molecule has 1 amide bonds. The quantitative estimate of drug-likeness (QED) is 0.676. The van der Waals surface area contributed by atoms with Crippen molar-refractivity contribution in [1.29, 1.82) is 0 Å². The number of allylic oxidation sites excluding steroid dienone is 1. The topological polar surface area (TPSA) is 69.1 Å². The van der Waals surface area contributed by atoms with Crippen LogP contribution in [0.2, 0.25) is 0 Å². The highest BCUT2D eigenvalue weighted by atomic mass is 32.2. The molecule has 7 heteroatoms. The van der Waals surface area contributed by atoms with Crippen LogP contribution in [0.15, 0.2) is 40.0 Å². The molecule has 100 valence electrons. The van der Waals surface area contributed by atoms with Crippen LogP contribution < -0.4 is 5.73 Å². The summed E-state index contributed by atoms with van der Waals surface area (Å²) in [4.78, 5) is 15.2. The number of benzene rings is 1. The van der Waals surface area contributed by atoms with E-state index in [9.17, 15) is 13.6 Å². The number of halogens is 2. The highest BCUT2D eigenvalue weighted by Gasteiger charge is 2.08. The van der Waals surface area contributed by atoms with Crippen LogP contribution in [0.25, 0.3) is 11.1 Å². The van der Waals surface area contributed by atoms with E-state index in [4.69, 9.17) is 10.2 Å². The van der Waals surface area contributed by atoms with Crippen LogP contribution in [0, 0.1) is 0 Å². The van der Waals surface area contributed by atoms with Crippen molar-refractivity contribution in [3.05, 3.63) is 35.9 Å². The molecule has 1 heterocycles. The first-order chi connectivity index (χ1) is 9.06. The van der Waals surface area contributed by atoms with Crippen molar-refractivity contribution in [2.24, 2.45) is 5.73 Å². The zero-order valence-corrected chi connectivity index (χ0v) is 10.5. The van der Waals surface area contributed by atoms with E-state index in [-0.39, 0.29) is 6.42 Å². The van der Waals surface area contributed by atoms with Gasteiger partial charge in [-0.3, -0.25) is 4.79 Å². The molecule has 4 nitrogen and oxygen atoms in total. The monoisotopic (exact) mass is 284 g/mol. The maximum atomic E-state index is 11.8. The van der Waals surface area contributed by atoms with Gasteiger partial charge in [-0.1, -0.05) is 11.8 Å². The number of nitrogens with zero attached hydrogens (tertiary/aromatic N) is 1. The van der Waals surface area contributed by atoms with Gasteiger partial charge in [-0.25, -0.2) is 4.98 Å². The molecule has 0 atom stereocenters. The van der Waals surface area contributed by atoms with E-state index in [2.05, 4.69) is 4.98 Å². The molecule has 0 aliphatic carbocycles. The number of nitrogens with two attached hydrogens (primary N) is 1. The third kappa shape index (κ3) is 3.54. The Morgan fingerprint density at radius 3 is 2.95 bits per heavy atom. The van der Waals surface area contributed by atoms with Gasteiger partial charge in [0.1, 0.15) is 5.52 Å². The second-order valence-corrected chi connectivity index (χ2v) is 4.70. The Balaban J connectivity index is 2.09. The summed E-state index contributed by atoms with van der Waals surface area (Å²) < 4.78 is 29.0. The number of carbonyl (C=O) groups is 1. The lowest BCUT2D eigenvalue weighted by molar-refractivity contribution is 0.100. The molecule has 0 bridgehead atoms. The Labute approximate surface area is 111 Å². The van der Waals surface area contributed by atoms with Gasteiger partial charge in [0.25, 0.3) is 11.3 Å². The summed E-state index contributed by atoms with van der Waals surface area (Å²) in [6.07, 6.45) is -0.608. The summed E-state index contributed by atoms with van der Waals surface area (Å²) >= 11 is 1.23. The van der Waals surface area contributed by atoms with Crippen molar-refractivity contribution in [1.82, 2.24) is 4.98 Å². The van der Waals surface area contributed by atoms with Crippen LogP contribution in [0.5, 0.6) is 0 Å². The minimum absolute atomic E-state index is 0.234. The molecule has 19 heavy (non-hydrogen) atoms. The summed E-state index contributed by atoms with van der Waals surface area (Å²) in [6.45, 7) is 0. The molecule has 0 radical (unpaired) electrons. The van der Waals surface area contributed by atoms with E-state index in [1.807, 2.05) is 0 Å². The number of rotatable bonds is 5. The summed E-state index contributed by atoms with van der Waals surface area (Å²) in [5.41, 5.74) is 6.54. The fourth-order valence-electron chi connectivity index (χ4n) is 1.43. The Kier molecular flexibility index (Phi) is 4.16. The number of amides is 1. The molecule has 2 aromatic rings. The molecule has 0 spiro atoms. The maximum absolute atomic E-state index is 11.8. The molecular formula is C12H10F2N2O2S. The Morgan fingerprint density at radius 2 is 2.26 bits per heavy atom. The van der Waals surface area contributed by atoms with Crippen molar-refractivity contribution in [3.8, 4) is 0 Å². The number of hydrogen-bond acceptors (Lipinski definition) is 4. The van der Waals surface area contributed by atoms with Gasteiger partial charge >= 0.3 is 0 Å². The van der Waals surface area contributed by atoms with Gasteiger partial charge in [-0.05, 0) is 30.7 Å². The molecule has 0 aliphatic rings. The number of thioether (sulfide) groups is 1. The van der Waals surface area contributed by atoms with E-state index in [1.165, 1.54) is 17.8 Å². The normalized spacial score (nSPS) is 10.6. The molecular weight excluding hydrogens is 274 g/mol. The van der Waals surface area contributed by atoms with Crippen LogP contribution >= 0.6 is 11.8 Å². The van der Waals surface area contributed by atoms with Crippen LogP contribution in [-0.2, 0) is 0 Å². The van der Waals surface area contributed by atoms with Crippen LogP contribution in [0.1, 0.15) is 16.8 Å². The zero-order chi connectivity index (χ0) is 13.8. The van der Waals surface area contributed by atoms with Crippen LogP contribution in [-0.4, -0.2) is 16.6 Å². The number of primary amides is 1. The first kappa shape index (κ1) is 13.5. The standard InChI is InChI=1S/C12H10F2N2O2S/c13-10(14)2-1-5-19-12-16-8-4-3-7(11(15)17)6-9(8)18-12/h2-4,6H,1,5H2,(H2,15,17). The van der Waals surface area contributed by atoms with Crippen LogP contribution in [0.3, 0.4) is 0 Å². The highest BCUT2D eigenvalue weighted by molar-refractivity contribution is 7.99. The van der Waals surface area contributed by atoms with E-state index < -0.39 is 12.0 Å². The van der Waals surface area contributed by atoms with Crippen molar-refractivity contribution in [2.45, 2.75) is 11.6 Å². The molecule has 2 rings (SSSR count). The second-order valence-electron chi connectivity index (χ2n) is 3.66. The molecule has 2 N–H and O–H groups in total. The number of oxazole rings is 1. The second kappa shape index (κ2) is 5.83. The van der Waals surface area contributed by atoms with Crippen molar-refractivity contribution in [2.75, 3.05) is 5.75 Å². The first-order valence-electron chi connectivity index (χ1n) is 5.40. The largest absolute Gasteiger partial charge is 0.431 e. The fraction of sp³-hybridized carbons (Fsp3) is 0.167. The molecule has 1 aromatic heterocycles. The first-order valence-corrected chi connectivity index (χ1v) is 6.39. The number of fused-ring (bicyclic) bond motifs is 1. The SMILES string of the molecule is NC(=O)c1ccc2nc(SCCC=C(F)F)oc2c1. The Hall–Kier alpha value is -1.89. The van der Waals surface area contributed by atoms with E-state index in [1.54, 1.807) is 12.1 Å². The predicted octanol–water partition coefficient (Wildman–Crippen LogP) is 3.19. The molecule has 0 unspecified atom stereocenters. The molecule has 0 saturated carbocycles. The maximum Gasteiger partial charge on any atom is 0.266 e. The average Bonchev–Trinajstić information content (AvgIpc) is 2.75. The number of aromatic nitrogens is 1. The van der Waals surface area contributed by atoms with Gasteiger partial charge in [-0.15, -0.1) is 0 Å². The minimum Gasteiger partial charge on any atom is -0.431 e. The zero-order valence-electron chi connectivity index (χ0n) is 9.73. The summed E-state index contributed by atoms with van der Waals surface area (Å²) in [6, 6.07) is 4.70. The highest BCUT2D eigenvalue weighted by Crippen LogP contribution is 2.24. The van der Waals surface area contributed by atoms with Gasteiger partial charge in [0.2, 0.25) is 5.91 Å². The van der Waals surface area contributed by atoms with Gasteiger partial charge in [0, 0.05) is 11.3 Å². The molecule has 1 aromatic carbocycles. The van der Waals surface area contributed by atoms with Crippen molar-refractivity contribution in [3.63, 3.8) is 0 Å². The molecule has 0 fully saturated rings. The van der Waals surface area contributed by atoms with Gasteiger partial charge in [0.15, 0.2) is 5.58 Å². The van der Waals surface area contributed by atoms with Gasteiger partial charge < -0.3 is 10.2 Å². The van der Waals surface area contributed by atoms with E-state index in [0.717, 1.165) is 6.08 Å². The summed E-state index contributed by atoms with van der Waals surface area (Å²) in [5, 5.41) is 0.379. The minimum atomic E-state index is -1.69. The van der Waals surface area contributed by atoms with E-state index in [0.29, 0.717) is 27.6 Å². The van der Waals surface area contributed by atoms with Gasteiger partial charge in [-0.2, -0.15) is 8.78 Å². The Morgan fingerprint density at radius 1 is 1.47 bits per heavy atom. The Bertz CT molecular complexity index is 636. The average molecular weight is 284 g/mol. The number of hydrogen-bond donors (Lipinski definition) is 1. The molecule has 0 saturated heterocycles. The lowest BCUT2D eigenvalue weighted by atomic mass is 10.2. The number of carbonyl (C=O) groups excluding carboxylic acids is 1. The third-order valence-electron chi connectivity index (χ3n) is 2.30. The van der Waals surface area contributed by atoms with E-state index >= 15 is 0 Å². The third-order valence-corrected chi connectivity index (χ3v) is 3.16. The lowest BCUT2D eigenvalue weighted by Gasteiger charge is -1.92. The summed E-state index contributed by atoms with van der Waals surface area (Å²) in [5.74, 6) is -0.108. The predicted molar refractivity (Wildman–Crippen MR) is 68.2 cm³/mol. The summed E-state index contributed by atoms with van der Waals surface area (Å²) in [7, 11) is 0. The van der Waals surface area contributed by atoms with Crippen molar-refractivity contribution < 1.29 is 18.0 Å².